The highest BCUT2D eigenvalue weighted by molar-refractivity contribution is 5.48. The molecule has 0 aromatic heterocycles. The van der Waals surface area contributed by atoms with E-state index in [4.69, 9.17) is 9.47 Å². The zero-order valence-corrected chi connectivity index (χ0v) is 10.2. The SMILES string of the molecule is CC1CCCC1NCc1cccc2c1OCO2. The number of rotatable bonds is 3. The molecule has 1 saturated carbocycles. The van der Waals surface area contributed by atoms with E-state index in [1.165, 1.54) is 24.8 Å². The molecule has 2 atom stereocenters. The third-order valence-corrected chi connectivity index (χ3v) is 3.89. The molecule has 2 unspecified atom stereocenters. The summed E-state index contributed by atoms with van der Waals surface area (Å²) in [7, 11) is 0. The minimum absolute atomic E-state index is 0.353. The average Bonchev–Trinajstić information content (AvgIpc) is 2.95. The van der Waals surface area contributed by atoms with Gasteiger partial charge in [-0.3, -0.25) is 0 Å². The Morgan fingerprint density at radius 1 is 1.29 bits per heavy atom. The predicted molar refractivity (Wildman–Crippen MR) is 66.2 cm³/mol. The molecule has 0 spiro atoms. The van der Waals surface area contributed by atoms with Crippen molar-refractivity contribution in [2.24, 2.45) is 5.92 Å². The summed E-state index contributed by atoms with van der Waals surface area (Å²) in [4.78, 5) is 0. The maximum absolute atomic E-state index is 5.51. The molecule has 3 heteroatoms. The highest BCUT2D eigenvalue weighted by atomic mass is 16.7. The molecule has 1 aromatic carbocycles. The van der Waals surface area contributed by atoms with Crippen LogP contribution in [-0.2, 0) is 6.54 Å². The molecule has 92 valence electrons. The van der Waals surface area contributed by atoms with Gasteiger partial charge in [-0.15, -0.1) is 0 Å². The second kappa shape index (κ2) is 4.57. The van der Waals surface area contributed by atoms with Crippen molar-refractivity contribution in [2.45, 2.75) is 38.8 Å². The van der Waals surface area contributed by atoms with Gasteiger partial charge in [0.05, 0.1) is 0 Å². The van der Waals surface area contributed by atoms with Crippen LogP contribution in [0.1, 0.15) is 31.7 Å². The van der Waals surface area contributed by atoms with Crippen LogP contribution in [-0.4, -0.2) is 12.8 Å². The first kappa shape index (κ1) is 10.9. The summed E-state index contributed by atoms with van der Waals surface area (Å²) in [6.45, 7) is 3.56. The fraction of sp³-hybridized carbons (Fsp3) is 0.571. The third kappa shape index (κ3) is 2.12. The monoisotopic (exact) mass is 233 g/mol. The molecule has 17 heavy (non-hydrogen) atoms. The third-order valence-electron chi connectivity index (χ3n) is 3.89. The van der Waals surface area contributed by atoms with Crippen LogP contribution in [0.2, 0.25) is 0 Å². The van der Waals surface area contributed by atoms with E-state index in [-0.39, 0.29) is 0 Å². The Morgan fingerprint density at radius 2 is 2.24 bits per heavy atom. The van der Waals surface area contributed by atoms with Crippen molar-refractivity contribution in [3.63, 3.8) is 0 Å². The molecule has 1 heterocycles. The topological polar surface area (TPSA) is 30.5 Å². The zero-order chi connectivity index (χ0) is 11.7. The van der Waals surface area contributed by atoms with Crippen LogP contribution < -0.4 is 14.8 Å². The minimum Gasteiger partial charge on any atom is -0.454 e. The lowest BCUT2D eigenvalue weighted by Crippen LogP contribution is -2.30. The van der Waals surface area contributed by atoms with Crippen molar-refractivity contribution in [3.05, 3.63) is 23.8 Å². The van der Waals surface area contributed by atoms with Gasteiger partial charge >= 0.3 is 0 Å². The van der Waals surface area contributed by atoms with Crippen molar-refractivity contribution in [3.8, 4) is 11.5 Å². The van der Waals surface area contributed by atoms with Crippen molar-refractivity contribution in [2.75, 3.05) is 6.79 Å². The summed E-state index contributed by atoms with van der Waals surface area (Å²) in [5.74, 6) is 2.60. The van der Waals surface area contributed by atoms with Gasteiger partial charge < -0.3 is 14.8 Å². The molecule has 1 aromatic rings. The molecule has 3 rings (SSSR count). The van der Waals surface area contributed by atoms with Gasteiger partial charge in [-0.25, -0.2) is 0 Å². The van der Waals surface area contributed by atoms with E-state index in [1.807, 2.05) is 12.1 Å². The Hall–Kier alpha value is -1.22. The molecule has 1 fully saturated rings. The standard InChI is InChI=1S/C14H19NO2/c1-10-4-2-6-12(10)15-8-11-5-3-7-13-14(11)17-9-16-13/h3,5,7,10,12,15H,2,4,6,8-9H2,1H3. The number of nitrogens with one attached hydrogen (secondary N) is 1. The van der Waals surface area contributed by atoms with Crippen LogP contribution in [0.15, 0.2) is 18.2 Å². The maximum Gasteiger partial charge on any atom is 0.231 e. The van der Waals surface area contributed by atoms with Crippen molar-refractivity contribution >= 4 is 0 Å². The number of benzene rings is 1. The van der Waals surface area contributed by atoms with Gasteiger partial charge in [0.1, 0.15) is 0 Å². The lowest BCUT2D eigenvalue weighted by molar-refractivity contribution is 0.173. The fourth-order valence-corrected chi connectivity index (χ4v) is 2.82. The summed E-state index contributed by atoms with van der Waals surface area (Å²) in [6.07, 6.45) is 4.00. The number of fused-ring (bicyclic) bond motifs is 1. The van der Waals surface area contributed by atoms with Gasteiger partial charge in [-0.1, -0.05) is 25.5 Å². The van der Waals surface area contributed by atoms with E-state index in [9.17, 15) is 0 Å². The molecule has 2 aliphatic rings. The van der Waals surface area contributed by atoms with Gasteiger partial charge in [0.2, 0.25) is 6.79 Å². The molecule has 1 N–H and O–H groups in total. The summed E-state index contributed by atoms with van der Waals surface area (Å²) in [5.41, 5.74) is 1.21. The Labute approximate surface area is 102 Å². The molecular weight excluding hydrogens is 214 g/mol. The fourth-order valence-electron chi connectivity index (χ4n) is 2.82. The molecule has 0 saturated heterocycles. The average molecular weight is 233 g/mol. The number of hydrogen-bond acceptors (Lipinski definition) is 3. The Morgan fingerprint density at radius 3 is 3.06 bits per heavy atom. The van der Waals surface area contributed by atoms with Crippen molar-refractivity contribution < 1.29 is 9.47 Å². The molecule has 0 bridgehead atoms. The summed E-state index contributed by atoms with van der Waals surface area (Å²) in [5, 5.41) is 3.64. The van der Waals surface area contributed by atoms with Crippen LogP contribution in [0, 0.1) is 5.92 Å². The highest BCUT2D eigenvalue weighted by Gasteiger charge is 2.23. The quantitative estimate of drug-likeness (QED) is 0.870. The van der Waals surface area contributed by atoms with Gasteiger partial charge in [0.15, 0.2) is 11.5 Å². The van der Waals surface area contributed by atoms with Crippen molar-refractivity contribution in [1.29, 1.82) is 0 Å². The van der Waals surface area contributed by atoms with E-state index in [2.05, 4.69) is 18.3 Å². The van der Waals surface area contributed by atoms with Crippen LogP contribution in [0.3, 0.4) is 0 Å². The molecule has 0 radical (unpaired) electrons. The smallest absolute Gasteiger partial charge is 0.231 e. The van der Waals surface area contributed by atoms with Crippen molar-refractivity contribution in [1.82, 2.24) is 5.32 Å². The molecule has 0 amide bonds. The van der Waals surface area contributed by atoms with E-state index >= 15 is 0 Å². The van der Waals surface area contributed by atoms with Crippen LogP contribution in [0.25, 0.3) is 0 Å². The number of ether oxygens (including phenoxy) is 2. The van der Waals surface area contributed by atoms with E-state index < -0.39 is 0 Å². The minimum atomic E-state index is 0.353. The summed E-state index contributed by atoms with van der Waals surface area (Å²) >= 11 is 0. The van der Waals surface area contributed by atoms with Gasteiger partial charge in [-0.2, -0.15) is 0 Å². The predicted octanol–water partition coefficient (Wildman–Crippen LogP) is 2.69. The first-order valence-corrected chi connectivity index (χ1v) is 6.45. The molecular formula is C14H19NO2. The lowest BCUT2D eigenvalue weighted by atomic mass is 10.1. The summed E-state index contributed by atoms with van der Waals surface area (Å²) < 4.78 is 10.9. The zero-order valence-electron chi connectivity index (χ0n) is 10.2. The van der Waals surface area contributed by atoms with Gasteiger partial charge in [-0.05, 0) is 24.8 Å². The Bertz CT molecular complexity index is 405. The first-order valence-electron chi connectivity index (χ1n) is 6.45. The molecule has 1 aliphatic heterocycles. The highest BCUT2D eigenvalue weighted by Crippen LogP contribution is 2.35. The largest absolute Gasteiger partial charge is 0.454 e. The van der Waals surface area contributed by atoms with Gasteiger partial charge in [0, 0.05) is 18.2 Å². The Kier molecular flexibility index (Phi) is 2.93. The lowest BCUT2D eigenvalue weighted by Gasteiger charge is -2.17. The first-order chi connectivity index (χ1) is 8.34. The summed E-state index contributed by atoms with van der Waals surface area (Å²) in [6, 6.07) is 6.76. The molecule has 1 aliphatic carbocycles. The Balaban J connectivity index is 1.67. The number of para-hydroxylation sites is 1. The molecule has 3 nitrogen and oxygen atoms in total. The maximum atomic E-state index is 5.51. The second-order valence-corrected chi connectivity index (χ2v) is 5.05. The van der Waals surface area contributed by atoms with E-state index in [1.54, 1.807) is 0 Å². The van der Waals surface area contributed by atoms with E-state index in [0.29, 0.717) is 12.8 Å². The van der Waals surface area contributed by atoms with Crippen LogP contribution in [0.5, 0.6) is 11.5 Å². The van der Waals surface area contributed by atoms with E-state index in [0.717, 1.165) is 24.0 Å². The van der Waals surface area contributed by atoms with Crippen LogP contribution >= 0.6 is 0 Å². The number of hydrogen-bond donors (Lipinski definition) is 1. The van der Waals surface area contributed by atoms with Crippen LogP contribution in [0.4, 0.5) is 0 Å². The second-order valence-electron chi connectivity index (χ2n) is 5.05. The normalized spacial score (nSPS) is 26.4. The van der Waals surface area contributed by atoms with Gasteiger partial charge in [0.25, 0.3) is 0 Å².